The third-order valence-corrected chi connectivity index (χ3v) is 4.62. The van der Waals surface area contributed by atoms with Crippen molar-refractivity contribution in [2.45, 2.75) is 19.4 Å². The van der Waals surface area contributed by atoms with Crippen LogP contribution in [0.2, 0.25) is 0 Å². The molecule has 0 saturated heterocycles. The summed E-state index contributed by atoms with van der Waals surface area (Å²) in [6.07, 6.45) is 1.33. The third kappa shape index (κ3) is 2.33. The van der Waals surface area contributed by atoms with Crippen molar-refractivity contribution in [2.75, 3.05) is 0 Å². The minimum Gasteiger partial charge on any atom is -0.487 e. The number of benzene rings is 1. The van der Waals surface area contributed by atoms with Gasteiger partial charge in [0.2, 0.25) is 0 Å². The van der Waals surface area contributed by atoms with E-state index in [1.165, 1.54) is 0 Å². The smallest absolute Gasteiger partial charge is 0.177 e. The molecule has 0 atom stereocenters. The molecule has 0 N–H and O–H groups in total. The average Bonchev–Trinajstić information content (AvgIpc) is 3.26. The summed E-state index contributed by atoms with van der Waals surface area (Å²) in [6, 6.07) is 11.5. The van der Waals surface area contributed by atoms with E-state index in [4.69, 9.17) is 9.26 Å². The molecular formula is C17H13NO3S. The van der Waals surface area contributed by atoms with Crippen LogP contribution >= 0.6 is 11.3 Å². The fourth-order valence-electron chi connectivity index (χ4n) is 2.66. The van der Waals surface area contributed by atoms with Gasteiger partial charge in [0.05, 0.1) is 4.88 Å². The van der Waals surface area contributed by atoms with Gasteiger partial charge in [0.1, 0.15) is 18.1 Å². The highest BCUT2D eigenvalue weighted by Gasteiger charge is 2.22. The van der Waals surface area contributed by atoms with Gasteiger partial charge in [-0.25, -0.2) is 0 Å². The van der Waals surface area contributed by atoms with Crippen molar-refractivity contribution in [2.24, 2.45) is 0 Å². The molecule has 0 radical (unpaired) electrons. The predicted molar refractivity (Wildman–Crippen MR) is 83.2 cm³/mol. The van der Waals surface area contributed by atoms with Gasteiger partial charge in [-0.1, -0.05) is 23.4 Å². The van der Waals surface area contributed by atoms with Gasteiger partial charge < -0.3 is 9.26 Å². The molecule has 0 amide bonds. The Morgan fingerprint density at radius 1 is 1.23 bits per heavy atom. The second kappa shape index (κ2) is 5.42. The van der Waals surface area contributed by atoms with Gasteiger partial charge in [-0.2, -0.15) is 0 Å². The van der Waals surface area contributed by atoms with Crippen LogP contribution < -0.4 is 4.74 Å². The van der Waals surface area contributed by atoms with Crippen molar-refractivity contribution < 1.29 is 14.1 Å². The lowest BCUT2D eigenvalue weighted by molar-refractivity contribution is 0.0994. The quantitative estimate of drug-likeness (QED) is 0.727. The first-order chi connectivity index (χ1) is 10.8. The van der Waals surface area contributed by atoms with Crippen molar-refractivity contribution >= 4 is 17.1 Å². The summed E-state index contributed by atoms with van der Waals surface area (Å²) >= 11 is 1.61. The fraction of sp³-hybridized carbons (Fsp3) is 0.176. The maximum absolute atomic E-state index is 11.7. The van der Waals surface area contributed by atoms with Gasteiger partial charge in [0.25, 0.3) is 0 Å². The molecule has 2 aromatic heterocycles. The van der Waals surface area contributed by atoms with Crippen LogP contribution in [0.1, 0.15) is 28.0 Å². The minimum atomic E-state index is 0.196. The lowest BCUT2D eigenvalue weighted by Gasteiger charge is -2.08. The Labute approximate surface area is 131 Å². The SMILES string of the molecule is O=C1CCc2c(OCc3cc(-c4cccs4)on3)cccc21. The van der Waals surface area contributed by atoms with Crippen molar-refractivity contribution in [3.8, 4) is 16.4 Å². The van der Waals surface area contributed by atoms with Crippen molar-refractivity contribution in [1.29, 1.82) is 0 Å². The first-order valence-electron chi connectivity index (χ1n) is 7.08. The molecule has 0 aliphatic heterocycles. The van der Waals surface area contributed by atoms with Crippen LogP contribution in [0.5, 0.6) is 5.75 Å². The van der Waals surface area contributed by atoms with E-state index in [9.17, 15) is 4.79 Å². The zero-order chi connectivity index (χ0) is 14.9. The summed E-state index contributed by atoms with van der Waals surface area (Å²) in [7, 11) is 0. The average molecular weight is 311 g/mol. The largest absolute Gasteiger partial charge is 0.487 e. The number of ketones is 1. The Kier molecular flexibility index (Phi) is 3.27. The van der Waals surface area contributed by atoms with E-state index in [-0.39, 0.29) is 5.78 Å². The lowest BCUT2D eigenvalue weighted by atomic mass is 10.1. The molecule has 5 heteroatoms. The molecule has 22 heavy (non-hydrogen) atoms. The molecule has 1 aliphatic carbocycles. The normalized spacial score (nSPS) is 13.4. The Morgan fingerprint density at radius 3 is 3.05 bits per heavy atom. The van der Waals surface area contributed by atoms with Crippen LogP contribution in [0.3, 0.4) is 0 Å². The number of thiophene rings is 1. The highest BCUT2D eigenvalue weighted by atomic mass is 32.1. The van der Waals surface area contributed by atoms with Crippen LogP contribution in [0.15, 0.2) is 46.3 Å². The van der Waals surface area contributed by atoms with Crippen LogP contribution in [0.25, 0.3) is 10.6 Å². The van der Waals surface area contributed by atoms with Gasteiger partial charge in [0.15, 0.2) is 11.5 Å². The predicted octanol–water partition coefficient (Wildman–Crippen LogP) is 4.11. The number of carbonyl (C=O) groups excluding carboxylic acids is 1. The Hall–Kier alpha value is -2.40. The zero-order valence-electron chi connectivity index (χ0n) is 11.7. The van der Waals surface area contributed by atoms with E-state index < -0.39 is 0 Å². The lowest BCUT2D eigenvalue weighted by Crippen LogP contribution is -1.99. The molecule has 4 nitrogen and oxygen atoms in total. The van der Waals surface area contributed by atoms with Crippen LogP contribution in [-0.4, -0.2) is 10.9 Å². The summed E-state index contributed by atoms with van der Waals surface area (Å²) < 4.78 is 11.2. The molecule has 0 fully saturated rings. The summed E-state index contributed by atoms with van der Waals surface area (Å²) in [5.41, 5.74) is 2.54. The molecule has 110 valence electrons. The summed E-state index contributed by atoms with van der Waals surface area (Å²) in [5.74, 6) is 1.72. The summed E-state index contributed by atoms with van der Waals surface area (Å²) in [5, 5.41) is 6.03. The maximum Gasteiger partial charge on any atom is 0.177 e. The summed E-state index contributed by atoms with van der Waals surface area (Å²) in [6.45, 7) is 0.333. The van der Waals surface area contributed by atoms with E-state index in [0.717, 1.165) is 39.6 Å². The number of hydrogen-bond donors (Lipinski definition) is 0. The van der Waals surface area contributed by atoms with Crippen LogP contribution in [0.4, 0.5) is 0 Å². The molecule has 0 spiro atoms. The van der Waals surface area contributed by atoms with Gasteiger partial charge >= 0.3 is 0 Å². The van der Waals surface area contributed by atoms with E-state index >= 15 is 0 Å². The number of fused-ring (bicyclic) bond motifs is 1. The van der Waals surface area contributed by atoms with E-state index in [2.05, 4.69) is 5.16 Å². The van der Waals surface area contributed by atoms with Crippen molar-refractivity contribution in [3.63, 3.8) is 0 Å². The fourth-order valence-corrected chi connectivity index (χ4v) is 3.33. The highest BCUT2D eigenvalue weighted by molar-refractivity contribution is 7.13. The van der Waals surface area contributed by atoms with E-state index in [0.29, 0.717) is 13.0 Å². The Bertz CT molecular complexity index is 820. The number of hydrogen-bond acceptors (Lipinski definition) is 5. The van der Waals surface area contributed by atoms with Gasteiger partial charge in [-0.05, 0) is 23.9 Å². The Morgan fingerprint density at radius 2 is 2.18 bits per heavy atom. The molecule has 0 unspecified atom stereocenters. The number of nitrogens with zero attached hydrogens (tertiary/aromatic N) is 1. The van der Waals surface area contributed by atoms with Crippen molar-refractivity contribution in [3.05, 3.63) is 58.6 Å². The number of aromatic nitrogens is 1. The minimum absolute atomic E-state index is 0.196. The first-order valence-corrected chi connectivity index (χ1v) is 7.96. The second-order valence-electron chi connectivity index (χ2n) is 5.15. The molecule has 1 aromatic carbocycles. The van der Waals surface area contributed by atoms with Crippen LogP contribution in [-0.2, 0) is 13.0 Å². The van der Waals surface area contributed by atoms with E-state index in [1.54, 1.807) is 11.3 Å². The van der Waals surface area contributed by atoms with Crippen LogP contribution in [0, 0.1) is 0 Å². The van der Waals surface area contributed by atoms with Gasteiger partial charge in [-0.15, -0.1) is 11.3 Å². The van der Waals surface area contributed by atoms with E-state index in [1.807, 2.05) is 41.8 Å². The second-order valence-corrected chi connectivity index (χ2v) is 6.10. The number of rotatable bonds is 4. The highest BCUT2D eigenvalue weighted by Crippen LogP contribution is 2.31. The van der Waals surface area contributed by atoms with Crippen molar-refractivity contribution in [1.82, 2.24) is 5.16 Å². The Balaban J connectivity index is 1.51. The molecule has 0 saturated carbocycles. The standard InChI is InChI=1S/C17H13NO3S/c19-14-7-6-13-12(14)3-1-4-15(13)20-10-11-9-16(21-18-11)17-5-2-8-22-17/h1-5,8-9H,6-7,10H2. The van der Waals surface area contributed by atoms with Gasteiger partial charge in [0, 0.05) is 23.6 Å². The molecular weight excluding hydrogens is 298 g/mol. The number of Topliss-reactive ketones (excluding diaryl/α,β-unsaturated/α-hetero) is 1. The molecule has 4 rings (SSSR count). The third-order valence-electron chi connectivity index (χ3n) is 3.73. The topological polar surface area (TPSA) is 52.3 Å². The molecule has 3 aromatic rings. The maximum atomic E-state index is 11.7. The summed E-state index contributed by atoms with van der Waals surface area (Å²) in [4.78, 5) is 12.8. The number of carbonyl (C=O) groups is 1. The first kappa shape index (κ1) is 13.3. The monoisotopic (exact) mass is 311 g/mol. The molecule has 1 aliphatic rings. The molecule has 0 bridgehead atoms. The molecule has 2 heterocycles. The zero-order valence-corrected chi connectivity index (χ0v) is 12.6. The van der Waals surface area contributed by atoms with Gasteiger partial charge in [-0.3, -0.25) is 4.79 Å². The number of ether oxygens (including phenoxy) is 1.